The van der Waals surface area contributed by atoms with Gasteiger partial charge >= 0.3 is 6.03 Å². The molecule has 110 valence electrons. The first kappa shape index (κ1) is 14.7. The minimum absolute atomic E-state index is 0.131. The fraction of sp³-hybridized carbons (Fsp3) is 0.562. The first-order valence-corrected chi connectivity index (χ1v) is 7.53. The molecule has 4 N–H and O–H groups in total. The number of carbonyl (C=O) groups excluding carboxylic acids is 1. The molecule has 1 aliphatic carbocycles. The van der Waals surface area contributed by atoms with Crippen molar-refractivity contribution in [2.24, 2.45) is 0 Å². The zero-order valence-corrected chi connectivity index (χ0v) is 12.4. The average molecular weight is 275 g/mol. The molecular formula is C16H25N3O. The molecule has 1 aliphatic rings. The largest absolute Gasteiger partial charge is 0.398 e. The smallest absolute Gasteiger partial charge is 0.319 e. The molecular weight excluding hydrogens is 250 g/mol. The highest BCUT2D eigenvalue weighted by Gasteiger charge is 2.15. The molecule has 0 aliphatic heterocycles. The molecule has 0 radical (unpaired) electrons. The predicted octanol–water partition coefficient (Wildman–Crippen LogP) is 3.85. The summed E-state index contributed by atoms with van der Waals surface area (Å²) in [6.07, 6.45) is 5.87. The van der Waals surface area contributed by atoms with Crippen molar-refractivity contribution < 1.29 is 4.79 Å². The second-order valence-corrected chi connectivity index (χ2v) is 5.93. The fourth-order valence-electron chi connectivity index (χ4n) is 2.78. The summed E-state index contributed by atoms with van der Waals surface area (Å²) in [6, 6.07) is 5.91. The van der Waals surface area contributed by atoms with E-state index >= 15 is 0 Å². The van der Waals surface area contributed by atoms with Crippen molar-refractivity contribution in [2.45, 2.75) is 57.9 Å². The van der Waals surface area contributed by atoms with Gasteiger partial charge in [-0.1, -0.05) is 39.2 Å². The Bertz CT molecular complexity index is 465. The lowest BCUT2D eigenvalue weighted by atomic mass is 9.96. The Morgan fingerprint density at radius 1 is 1.25 bits per heavy atom. The lowest BCUT2D eigenvalue weighted by Crippen LogP contribution is -2.39. The van der Waals surface area contributed by atoms with E-state index in [1.54, 1.807) is 0 Å². The van der Waals surface area contributed by atoms with E-state index in [-0.39, 0.29) is 6.03 Å². The average Bonchev–Trinajstić information content (AvgIpc) is 2.39. The van der Waals surface area contributed by atoms with Crippen LogP contribution in [0.3, 0.4) is 0 Å². The Hall–Kier alpha value is -1.71. The van der Waals surface area contributed by atoms with E-state index in [4.69, 9.17) is 5.73 Å². The van der Waals surface area contributed by atoms with Gasteiger partial charge in [0.15, 0.2) is 0 Å². The molecule has 0 spiro atoms. The van der Waals surface area contributed by atoms with Crippen LogP contribution < -0.4 is 16.4 Å². The van der Waals surface area contributed by atoms with Crippen LogP contribution in [0.15, 0.2) is 18.2 Å². The Morgan fingerprint density at radius 2 is 1.95 bits per heavy atom. The van der Waals surface area contributed by atoms with E-state index in [0.717, 1.165) is 29.8 Å². The zero-order chi connectivity index (χ0) is 14.5. The van der Waals surface area contributed by atoms with Crippen LogP contribution >= 0.6 is 0 Å². The number of urea groups is 1. The lowest BCUT2D eigenvalue weighted by molar-refractivity contribution is 0.244. The maximum Gasteiger partial charge on any atom is 0.319 e. The number of hydrogen-bond donors (Lipinski definition) is 3. The number of carbonyl (C=O) groups is 1. The van der Waals surface area contributed by atoms with Gasteiger partial charge in [0.05, 0.1) is 0 Å². The van der Waals surface area contributed by atoms with Gasteiger partial charge in [-0.25, -0.2) is 4.79 Å². The van der Waals surface area contributed by atoms with Crippen LogP contribution in [0.5, 0.6) is 0 Å². The molecule has 4 nitrogen and oxygen atoms in total. The summed E-state index contributed by atoms with van der Waals surface area (Å²) in [5, 5.41) is 5.90. The van der Waals surface area contributed by atoms with Crippen molar-refractivity contribution >= 4 is 17.4 Å². The van der Waals surface area contributed by atoms with E-state index in [0.29, 0.717) is 12.0 Å². The third kappa shape index (κ3) is 3.89. The van der Waals surface area contributed by atoms with E-state index < -0.39 is 0 Å². The second kappa shape index (κ2) is 6.64. The quantitative estimate of drug-likeness (QED) is 0.733. The molecule has 0 unspecified atom stereocenters. The molecule has 0 saturated heterocycles. The van der Waals surface area contributed by atoms with Crippen molar-refractivity contribution in [3.63, 3.8) is 0 Å². The van der Waals surface area contributed by atoms with Gasteiger partial charge in [-0.2, -0.15) is 0 Å². The predicted molar refractivity (Wildman–Crippen MR) is 84.0 cm³/mol. The van der Waals surface area contributed by atoms with Crippen LogP contribution in [0.25, 0.3) is 0 Å². The highest BCUT2D eigenvalue weighted by Crippen LogP contribution is 2.25. The standard InChI is InChI=1S/C16H25N3O/c1-11(2)14-9-8-13(10-15(14)17)19-16(20)18-12-6-4-3-5-7-12/h8-12H,3-7,17H2,1-2H3,(H2,18,19,20). The molecule has 0 atom stereocenters. The first-order chi connectivity index (χ1) is 9.56. The van der Waals surface area contributed by atoms with E-state index in [1.807, 2.05) is 18.2 Å². The monoisotopic (exact) mass is 275 g/mol. The van der Waals surface area contributed by atoms with Gasteiger partial charge < -0.3 is 16.4 Å². The topological polar surface area (TPSA) is 67.2 Å². The highest BCUT2D eigenvalue weighted by atomic mass is 16.2. The number of benzene rings is 1. The van der Waals surface area contributed by atoms with E-state index in [9.17, 15) is 4.79 Å². The summed E-state index contributed by atoms with van der Waals surface area (Å²) in [5.74, 6) is 0.389. The Morgan fingerprint density at radius 3 is 2.55 bits per heavy atom. The van der Waals surface area contributed by atoms with Crippen LogP contribution in [0.1, 0.15) is 57.4 Å². The molecule has 0 heterocycles. The van der Waals surface area contributed by atoms with Crippen molar-refractivity contribution in [1.82, 2.24) is 5.32 Å². The number of amides is 2. The molecule has 2 rings (SSSR count). The van der Waals surface area contributed by atoms with E-state index in [1.165, 1.54) is 19.3 Å². The van der Waals surface area contributed by atoms with E-state index in [2.05, 4.69) is 24.5 Å². The summed E-state index contributed by atoms with van der Waals surface area (Å²) in [5.41, 5.74) is 8.61. The van der Waals surface area contributed by atoms with Crippen LogP contribution in [-0.4, -0.2) is 12.1 Å². The van der Waals surface area contributed by atoms with Crippen molar-refractivity contribution in [2.75, 3.05) is 11.1 Å². The van der Waals surface area contributed by atoms with Gasteiger partial charge in [-0.3, -0.25) is 0 Å². The SMILES string of the molecule is CC(C)c1ccc(NC(=O)NC2CCCCC2)cc1N. The minimum Gasteiger partial charge on any atom is -0.398 e. The maximum absolute atomic E-state index is 11.9. The molecule has 1 aromatic carbocycles. The van der Waals surface area contributed by atoms with Gasteiger partial charge in [0, 0.05) is 17.4 Å². The minimum atomic E-state index is -0.131. The third-order valence-electron chi connectivity index (χ3n) is 3.91. The van der Waals surface area contributed by atoms with Gasteiger partial charge in [-0.15, -0.1) is 0 Å². The molecule has 0 aromatic heterocycles. The van der Waals surface area contributed by atoms with Gasteiger partial charge in [-0.05, 0) is 36.5 Å². The fourth-order valence-corrected chi connectivity index (χ4v) is 2.78. The van der Waals surface area contributed by atoms with Gasteiger partial charge in [0.25, 0.3) is 0 Å². The molecule has 0 bridgehead atoms. The highest BCUT2D eigenvalue weighted by molar-refractivity contribution is 5.90. The molecule has 1 fully saturated rings. The Labute approximate surface area is 121 Å². The molecule has 20 heavy (non-hydrogen) atoms. The number of nitrogens with two attached hydrogens (primary N) is 1. The second-order valence-electron chi connectivity index (χ2n) is 5.93. The molecule has 4 heteroatoms. The molecule has 1 saturated carbocycles. The number of hydrogen-bond acceptors (Lipinski definition) is 2. The molecule has 2 amide bonds. The number of nitrogens with one attached hydrogen (secondary N) is 2. The van der Waals surface area contributed by atoms with Crippen LogP contribution in [0.2, 0.25) is 0 Å². The Balaban J connectivity index is 1.92. The first-order valence-electron chi connectivity index (χ1n) is 7.53. The third-order valence-corrected chi connectivity index (χ3v) is 3.91. The lowest BCUT2D eigenvalue weighted by Gasteiger charge is -2.23. The summed E-state index contributed by atoms with van der Waals surface area (Å²) >= 11 is 0. The van der Waals surface area contributed by atoms with Crippen molar-refractivity contribution in [1.29, 1.82) is 0 Å². The Kier molecular flexibility index (Phi) is 4.88. The number of nitrogen functional groups attached to an aromatic ring is 1. The summed E-state index contributed by atoms with van der Waals surface area (Å²) < 4.78 is 0. The molecule has 1 aromatic rings. The summed E-state index contributed by atoms with van der Waals surface area (Å²) in [4.78, 5) is 11.9. The van der Waals surface area contributed by atoms with Crippen molar-refractivity contribution in [3.05, 3.63) is 23.8 Å². The summed E-state index contributed by atoms with van der Waals surface area (Å²) in [6.45, 7) is 4.21. The van der Waals surface area contributed by atoms with Crippen LogP contribution in [-0.2, 0) is 0 Å². The van der Waals surface area contributed by atoms with Crippen LogP contribution in [0, 0.1) is 0 Å². The van der Waals surface area contributed by atoms with Gasteiger partial charge in [0.2, 0.25) is 0 Å². The van der Waals surface area contributed by atoms with Crippen LogP contribution in [0.4, 0.5) is 16.2 Å². The van der Waals surface area contributed by atoms with Crippen molar-refractivity contribution in [3.8, 4) is 0 Å². The maximum atomic E-state index is 11.9. The van der Waals surface area contributed by atoms with Gasteiger partial charge in [0.1, 0.15) is 0 Å². The normalized spacial score (nSPS) is 16.1. The number of anilines is 2. The number of rotatable bonds is 3. The summed E-state index contributed by atoms with van der Waals surface area (Å²) in [7, 11) is 0. The zero-order valence-electron chi connectivity index (χ0n) is 12.4.